The van der Waals surface area contributed by atoms with Gasteiger partial charge in [0, 0.05) is 5.70 Å². The van der Waals surface area contributed by atoms with Gasteiger partial charge < -0.3 is 11.5 Å². The Balaban J connectivity index is 4.80. The van der Waals surface area contributed by atoms with Crippen LogP contribution in [0.4, 0.5) is 0 Å². The molecule has 0 aliphatic heterocycles. The summed E-state index contributed by atoms with van der Waals surface area (Å²) in [5.41, 5.74) is 13.3. The van der Waals surface area contributed by atoms with Gasteiger partial charge in [0.1, 0.15) is 0 Å². The van der Waals surface area contributed by atoms with E-state index < -0.39 is 0 Å². The molecule has 0 aromatic carbocycles. The van der Waals surface area contributed by atoms with Crippen LogP contribution in [0.3, 0.4) is 0 Å². The molecule has 0 radical (unpaired) electrons. The summed E-state index contributed by atoms with van der Waals surface area (Å²) in [6.07, 6.45) is 3.44. The SMILES string of the molecule is CC(C)/C(N)=C(/C=C\N)C(C)C. The van der Waals surface area contributed by atoms with E-state index in [1.807, 2.05) is 6.08 Å². The molecule has 0 saturated heterocycles. The van der Waals surface area contributed by atoms with Crippen LogP contribution in [0.15, 0.2) is 23.5 Å². The van der Waals surface area contributed by atoms with Crippen LogP contribution in [0.1, 0.15) is 27.7 Å². The zero-order valence-corrected chi connectivity index (χ0v) is 8.46. The van der Waals surface area contributed by atoms with Crippen molar-refractivity contribution in [2.24, 2.45) is 23.3 Å². The van der Waals surface area contributed by atoms with Crippen molar-refractivity contribution in [3.8, 4) is 0 Å². The lowest BCUT2D eigenvalue weighted by atomic mass is 9.96. The molecule has 0 aliphatic rings. The summed E-state index contributed by atoms with van der Waals surface area (Å²) in [6, 6.07) is 0. The minimum Gasteiger partial charge on any atom is -0.405 e. The van der Waals surface area contributed by atoms with Crippen molar-refractivity contribution in [2.75, 3.05) is 0 Å². The predicted octanol–water partition coefficient (Wildman–Crippen LogP) is 1.98. The quantitative estimate of drug-likeness (QED) is 0.633. The Labute approximate surface area is 75.3 Å². The molecule has 12 heavy (non-hydrogen) atoms. The zero-order valence-electron chi connectivity index (χ0n) is 8.46. The fraction of sp³-hybridized carbons (Fsp3) is 0.600. The van der Waals surface area contributed by atoms with E-state index in [-0.39, 0.29) is 0 Å². The van der Waals surface area contributed by atoms with E-state index in [9.17, 15) is 0 Å². The highest BCUT2D eigenvalue weighted by atomic mass is 14.6. The van der Waals surface area contributed by atoms with Gasteiger partial charge in [-0.25, -0.2) is 0 Å². The summed E-state index contributed by atoms with van der Waals surface area (Å²) < 4.78 is 0. The molecule has 0 heterocycles. The third-order valence-electron chi connectivity index (χ3n) is 1.85. The average molecular weight is 168 g/mol. The van der Waals surface area contributed by atoms with Gasteiger partial charge in [-0.15, -0.1) is 0 Å². The maximum Gasteiger partial charge on any atom is 0.0142 e. The highest BCUT2D eigenvalue weighted by Crippen LogP contribution is 2.18. The van der Waals surface area contributed by atoms with Crippen LogP contribution in [-0.2, 0) is 0 Å². The number of nitrogens with two attached hydrogens (primary N) is 2. The summed E-state index contributed by atoms with van der Waals surface area (Å²) in [4.78, 5) is 0. The van der Waals surface area contributed by atoms with Crippen molar-refractivity contribution in [1.82, 2.24) is 0 Å². The molecular formula is C10H20N2. The Morgan fingerprint density at radius 3 is 1.83 bits per heavy atom. The Hall–Kier alpha value is -0.920. The minimum absolute atomic E-state index is 0.388. The standard InChI is InChI=1S/C10H20N2/c1-7(2)9(5-6-11)10(12)8(3)4/h5-8H,11-12H2,1-4H3/b6-5-,10-9+. The molecule has 0 fully saturated rings. The van der Waals surface area contributed by atoms with Crippen molar-refractivity contribution < 1.29 is 0 Å². The summed E-state index contributed by atoms with van der Waals surface area (Å²) in [5, 5.41) is 0. The zero-order chi connectivity index (χ0) is 9.72. The first kappa shape index (κ1) is 11.1. The molecule has 4 N–H and O–H groups in total. The molecule has 0 saturated carbocycles. The van der Waals surface area contributed by atoms with Gasteiger partial charge in [-0.2, -0.15) is 0 Å². The molecule has 0 aliphatic carbocycles. The molecule has 0 rings (SSSR count). The Morgan fingerprint density at radius 1 is 1.08 bits per heavy atom. The number of hydrogen-bond donors (Lipinski definition) is 2. The predicted molar refractivity (Wildman–Crippen MR) is 54.2 cm³/mol. The monoisotopic (exact) mass is 168 g/mol. The van der Waals surface area contributed by atoms with Gasteiger partial charge in [0.2, 0.25) is 0 Å². The second-order valence-electron chi connectivity index (χ2n) is 3.58. The van der Waals surface area contributed by atoms with E-state index in [2.05, 4.69) is 27.7 Å². The van der Waals surface area contributed by atoms with Gasteiger partial charge in [-0.1, -0.05) is 27.7 Å². The molecule has 0 spiro atoms. The van der Waals surface area contributed by atoms with Crippen molar-refractivity contribution in [1.29, 1.82) is 0 Å². The minimum atomic E-state index is 0.388. The third-order valence-corrected chi connectivity index (χ3v) is 1.85. The van der Waals surface area contributed by atoms with Gasteiger partial charge in [0.15, 0.2) is 0 Å². The van der Waals surface area contributed by atoms with E-state index in [0.717, 1.165) is 11.3 Å². The molecule has 0 aromatic heterocycles. The van der Waals surface area contributed by atoms with Crippen molar-refractivity contribution in [3.05, 3.63) is 23.5 Å². The molecule has 0 amide bonds. The Kier molecular flexibility index (Phi) is 4.49. The second-order valence-corrected chi connectivity index (χ2v) is 3.58. The molecule has 0 bridgehead atoms. The van der Waals surface area contributed by atoms with Gasteiger partial charge in [-0.05, 0) is 29.7 Å². The van der Waals surface area contributed by atoms with Crippen LogP contribution in [0.25, 0.3) is 0 Å². The fourth-order valence-corrected chi connectivity index (χ4v) is 1.06. The van der Waals surface area contributed by atoms with Crippen molar-refractivity contribution in [2.45, 2.75) is 27.7 Å². The lowest BCUT2D eigenvalue weighted by Gasteiger charge is -2.14. The molecule has 0 unspecified atom stereocenters. The normalized spacial score (nSPS) is 14.5. The highest BCUT2D eigenvalue weighted by molar-refractivity contribution is 5.26. The Morgan fingerprint density at radius 2 is 1.58 bits per heavy atom. The summed E-state index contributed by atoms with van der Waals surface area (Å²) in [5.74, 6) is 0.825. The molecular weight excluding hydrogens is 148 g/mol. The number of allylic oxidation sites excluding steroid dienone is 3. The lowest BCUT2D eigenvalue weighted by Crippen LogP contribution is -2.11. The molecule has 0 atom stereocenters. The van der Waals surface area contributed by atoms with E-state index in [1.165, 1.54) is 0 Å². The van der Waals surface area contributed by atoms with Gasteiger partial charge in [-0.3, -0.25) is 0 Å². The summed E-state index contributed by atoms with van der Waals surface area (Å²) in [7, 11) is 0. The maximum atomic E-state index is 5.92. The van der Waals surface area contributed by atoms with Crippen molar-refractivity contribution in [3.63, 3.8) is 0 Å². The second kappa shape index (κ2) is 4.86. The first-order chi connectivity index (χ1) is 5.50. The van der Waals surface area contributed by atoms with E-state index in [1.54, 1.807) is 6.20 Å². The third kappa shape index (κ3) is 2.99. The van der Waals surface area contributed by atoms with E-state index in [0.29, 0.717) is 11.8 Å². The first-order valence-electron chi connectivity index (χ1n) is 4.38. The molecule has 2 nitrogen and oxygen atoms in total. The fourth-order valence-electron chi connectivity index (χ4n) is 1.06. The van der Waals surface area contributed by atoms with Crippen LogP contribution >= 0.6 is 0 Å². The first-order valence-corrected chi connectivity index (χ1v) is 4.38. The summed E-state index contributed by atoms with van der Waals surface area (Å²) in [6.45, 7) is 8.40. The largest absolute Gasteiger partial charge is 0.405 e. The van der Waals surface area contributed by atoms with Crippen LogP contribution in [0.2, 0.25) is 0 Å². The number of rotatable bonds is 3. The van der Waals surface area contributed by atoms with Gasteiger partial charge in [0.25, 0.3) is 0 Å². The maximum absolute atomic E-state index is 5.92. The van der Waals surface area contributed by atoms with Crippen LogP contribution in [0, 0.1) is 11.8 Å². The van der Waals surface area contributed by atoms with Crippen molar-refractivity contribution >= 4 is 0 Å². The summed E-state index contributed by atoms with van der Waals surface area (Å²) >= 11 is 0. The molecule has 0 aromatic rings. The highest BCUT2D eigenvalue weighted by Gasteiger charge is 2.07. The average Bonchev–Trinajstić information content (AvgIpc) is 1.98. The van der Waals surface area contributed by atoms with Gasteiger partial charge >= 0.3 is 0 Å². The van der Waals surface area contributed by atoms with Crippen LogP contribution in [-0.4, -0.2) is 0 Å². The lowest BCUT2D eigenvalue weighted by molar-refractivity contribution is 0.697. The van der Waals surface area contributed by atoms with E-state index >= 15 is 0 Å². The van der Waals surface area contributed by atoms with Crippen LogP contribution < -0.4 is 11.5 Å². The smallest absolute Gasteiger partial charge is 0.0142 e. The van der Waals surface area contributed by atoms with Crippen LogP contribution in [0.5, 0.6) is 0 Å². The Bertz CT molecular complexity index is 188. The van der Waals surface area contributed by atoms with E-state index in [4.69, 9.17) is 11.5 Å². The molecule has 70 valence electrons. The number of hydrogen-bond acceptors (Lipinski definition) is 2. The molecule has 2 heteroatoms. The van der Waals surface area contributed by atoms with Gasteiger partial charge in [0.05, 0.1) is 0 Å². The topological polar surface area (TPSA) is 52.0 Å².